The van der Waals surface area contributed by atoms with Crippen LogP contribution in [0.15, 0.2) is 23.4 Å². The zero-order chi connectivity index (χ0) is 15.3. The van der Waals surface area contributed by atoms with E-state index in [1.165, 1.54) is 6.07 Å². The van der Waals surface area contributed by atoms with Crippen molar-refractivity contribution in [1.82, 2.24) is 5.32 Å². The molecule has 0 unspecified atom stereocenters. The number of carbonyl (C=O) groups excluding carboxylic acids is 1. The molecule has 1 aromatic rings. The van der Waals surface area contributed by atoms with Crippen LogP contribution in [0.3, 0.4) is 0 Å². The monoisotopic (exact) mass is 286 g/mol. The Hall–Kier alpha value is -2.18. The summed E-state index contributed by atoms with van der Waals surface area (Å²) in [6, 6.07) is 3.23. The van der Waals surface area contributed by atoms with E-state index in [0.717, 1.165) is 12.1 Å². The lowest BCUT2D eigenvalue weighted by Gasteiger charge is -2.19. The summed E-state index contributed by atoms with van der Waals surface area (Å²) in [6.45, 7) is 4.64. The number of carbonyl (C=O) groups is 1. The summed E-state index contributed by atoms with van der Waals surface area (Å²) >= 11 is 0. The Labute approximate surface area is 115 Å². The van der Waals surface area contributed by atoms with Gasteiger partial charge in [0.2, 0.25) is 0 Å². The maximum absolute atomic E-state index is 13.5. The highest BCUT2D eigenvalue weighted by atomic mass is 19.1. The molecule has 0 saturated heterocycles. The Morgan fingerprint density at radius 2 is 1.90 bits per heavy atom. The molecular weight excluding hydrogens is 270 g/mol. The van der Waals surface area contributed by atoms with Crippen molar-refractivity contribution in [2.45, 2.75) is 26.4 Å². The van der Waals surface area contributed by atoms with Gasteiger partial charge in [-0.3, -0.25) is 0 Å². The van der Waals surface area contributed by atoms with Crippen LogP contribution in [-0.4, -0.2) is 29.2 Å². The van der Waals surface area contributed by atoms with Gasteiger partial charge < -0.3 is 15.3 Å². The second-order valence-corrected chi connectivity index (χ2v) is 5.00. The number of amides is 1. The van der Waals surface area contributed by atoms with Crippen LogP contribution < -0.4 is 5.32 Å². The third-order valence-electron chi connectivity index (χ3n) is 2.17. The molecule has 1 amide bonds. The molecule has 5 nitrogen and oxygen atoms in total. The summed E-state index contributed by atoms with van der Waals surface area (Å²) in [7, 11) is 0. The van der Waals surface area contributed by atoms with E-state index in [2.05, 4.69) is 10.5 Å². The summed E-state index contributed by atoms with van der Waals surface area (Å²) in [5.74, 6) is -1.77. The first-order valence-electron chi connectivity index (χ1n) is 5.87. The molecule has 0 aromatic heterocycles. The number of alkyl carbamates (subject to hydrolysis) is 1. The lowest BCUT2D eigenvalue weighted by Crippen LogP contribution is -2.36. The first-order valence-corrected chi connectivity index (χ1v) is 5.87. The van der Waals surface area contributed by atoms with E-state index in [1.807, 2.05) is 0 Å². The van der Waals surface area contributed by atoms with Crippen LogP contribution in [-0.2, 0) is 4.74 Å². The fourth-order valence-electron chi connectivity index (χ4n) is 1.42. The van der Waals surface area contributed by atoms with Gasteiger partial charge in [-0.1, -0.05) is 11.2 Å². The van der Waals surface area contributed by atoms with Crippen molar-refractivity contribution in [2.75, 3.05) is 6.54 Å². The molecule has 0 radical (unpaired) electrons. The fraction of sp³-hybridized carbons (Fsp3) is 0.385. The predicted molar refractivity (Wildman–Crippen MR) is 68.9 cm³/mol. The number of benzene rings is 1. The third kappa shape index (κ3) is 4.49. The maximum atomic E-state index is 13.5. The Balaban J connectivity index is 2.78. The summed E-state index contributed by atoms with van der Waals surface area (Å²) in [6.07, 6.45) is -0.782. The van der Waals surface area contributed by atoms with E-state index < -0.39 is 28.9 Å². The minimum atomic E-state index is -0.885. The second kappa shape index (κ2) is 6.31. The summed E-state index contributed by atoms with van der Waals surface area (Å²) in [5, 5.41) is 13.9. The zero-order valence-corrected chi connectivity index (χ0v) is 11.4. The zero-order valence-electron chi connectivity index (χ0n) is 11.4. The van der Waals surface area contributed by atoms with Gasteiger partial charge in [0.15, 0.2) is 0 Å². The van der Waals surface area contributed by atoms with Gasteiger partial charge in [-0.05, 0) is 32.9 Å². The molecule has 0 aliphatic rings. The molecule has 0 saturated carbocycles. The topological polar surface area (TPSA) is 70.9 Å². The lowest BCUT2D eigenvalue weighted by atomic mass is 10.1. The SMILES string of the molecule is CC(C)(C)OC(=O)NCC(=NO)c1c(F)cccc1F. The first-order chi connectivity index (χ1) is 9.24. The molecule has 1 aromatic carbocycles. The van der Waals surface area contributed by atoms with Crippen LogP contribution >= 0.6 is 0 Å². The number of nitrogens with one attached hydrogen (secondary N) is 1. The quantitative estimate of drug-likeness (QED) is 0.510. The number of nitrogens with zero attached hydrogens (tertiary/aromatic N) is 1. The molecule has 0 bridgehead atoms. The van der Waals surface area contributed by atoms with Crippen molar-refractivity contribution in [2.24, 2.45) is 5.16 Å². The van der Waals surface area contributed by atoms with Crippen molar-refractivity contribution >= 4 is 11.8 Å². The summed E-state index contributed by atoms with van der Waals surface area (Å²) in [5.41, 5.74) is -1.54. The van der Waals surface area contributed by atoms with E-state index in [4.69, 9.17) is 9.94 Å². The minimum Gasteiger partial charge on any atom is -0.444 e. The molecule has 110 valence electrons. The normalized spacial score (nSPS) is 12.2. The van der Waals surface area contributed by atoms with Crippen LogP contribution in [0.2, 0.25) is 0 Å². The summed E-state index contributed by atoms with van der Waals surface area (Å²) in [4.78, 5) is 11.4. The van der Waals surface area contributed by atoms with Gasteiger partial charge in [0.05, 0.1) is 12.1 Å². The Morgan fingerprint density at radius 1 is 1.35 bits per heavy atom. The third-order valence-corrected chi connectivity index (χ3v) is 2.17. The molecule has 0 aliphatic carbocycles. The molecule has 7 heteroatoms. The Morgan fingerprint density at radius 3 is 2.35 bits per heavy atom. The Bertz CT molecular complexity index is 505. The van der Waals surface area contributed by atoms with Crippen molar-refractivity contribution in [3.63, 3.8) is 0 Å². The van der Waals surface area contributed by atoms with Crippen LogP contribution in [0.1, 0.15) is 26.3 Å². The van der Waals surface area contributed by atoms with Crippen LogP contribution in [0.25, 0.3) is 0 Å². The van der Waals surface area contributed by atoms with E-state index in [9.17, 15) is 13.6 Å². The largest absolute Gasteiger partial charge is 0.444 e. The van der Waals surface area contributed by atoms with E-state index in [-0.39, 0.29) is 12.3 Å². The molecular formula is C13H16F2N2O3. The van der Waals surface area contributed by atoms with Gasteiger partial charge in [-0.2, -0.15) is 0 Å². The number of hydrogen-bond acceptors (Lipinski definition) is 4. The van der Waals surface area contributed by atoms with Crippen LogP contribution in [0.4, 0.5) is 13.6 Å². The molecule has 1 rings (SSSR count). The second-order valence-electron chi connectivity index (χ2n) is 5.00. The molecule has 20 heavy (non-hydrogen) atoms. The number of halogens is 2. The van der Waals surface area contributed by atoms with Crippen LogP contribution in [0.5, 0.6) is 0 Å². The Kier molecular flexibility index (Phi) is 5.01. The summed E-state index contributed by atoms with van der Waals surface area (Å²) < 4.78 is 32.0. The first kappa shape index (κ1) is 15.9. The van der Waals surface area contributed by atoms with E-state index in [1.54, 1.807) is 20.8 Å². The van der Waals surface area contributed by atoms with E-state index in [0.29, 0.717) is 0 Å². The molecule has 0 fully saturated rings. The molecule has 0 aliphatic heterocycles. The van der Waals surface area contributed by atoms with Gasteiger partial charge >= 0.3 is 6.09 Å². The lowest BCUT2D eigenvalue weighted by molar-refractivity contribution is 0.0536. The molecule has 0 spiro atoms. The van der Waals surface area contributed by atoms with Gasteiger partial charge in [0.25, 0.3) is 0 Å². The smallest absolute Gasteiger partial charge is 0.407 e. The molecule has 0 atom stereocenters. The minimum absolute atomic E-state index is 0.341. The average molecular weight is 286 g/mol. The number of ether oxygens (including phenoxy) is 1. The molecule has 0 heterocycles. The highest BCUT2D eigenvalue weighted by molar-refractivity contribution is 6.03. The maximum Gasteiger partial charge on any atom is 0.407 e. The average Bonchev–Trinajstić information content (AvgIpc) is 2.30. The van der Waals surface area contributed by atoms with Crippen molar-refractivity contribution in [3.05, 3.63) is 35.4 Å². The highest BCUT2D eigenvalue weighted by Crippen LogP contribution is 2.13. The highest BCUT2D eigenvalue weighted by Gasteiger charge is 2.19. The van der Waals surface area contributed by atoms with Gasteiger partial charge in [0, 0.05) is 0 Å². The van der Waals surface area contributed by atoms with Crippen molar-refractivity contribution < 1.29 is 23.5 Å². The predicted octanol–water partition coefficient (Wildman–Crippen LogP) is 2.67. The van der Waals surface area contributed by atoms with E-state index >= 15 is 0 Å². The fourth-order valence-corrected chi connectivity index (χ4v) is 1.42. The van der Waals surface area contributed by atoms with Gasteiger partial charge in [0.1, 0.15) is 22.9 Å². The standard InChI is InChI=1S/C13H16F2N2O3/c1-13(2,3)20-12(18)16-7-10(17-19)11-8(14)5-4-6-9(11)15/h4-6,19H,7H2,1-3H3,(H,16,18). The van der Waals surface area contributed by atoms with Gasteiger partial charge in [-0.25, -0.2) is 13.6 Å². The van der Waals surface area contributed by atoms with Crippen molar-refractivity contribution in [1.29, 1.82) is 0 Å². The number of oxime groups is 1. The van der Waals surface area contributed by atoms with Gasteiger partial charge in [-0.15, -0.1) is 0 Å². The number of hydrogen-bond donors (Lipinski definition) is 2. The number of rotatable bonds is 3. The molecule has 2 N–H and O–H groups in total. The van der Waals surface area contributed by atoms with Crippen LogP contribution in [0, 0.1) is 11.6 Å². The van der Waals surface area contributed by atoms with Crippen molar-refractivity contribution in [3.8, 4) is 0 Å².